The van der Waals surface area contributed by atoms with Crippen molar-refractivity contribution < 1.29 is 27.5 Å². The van der Waals surface area contributed by atoms with Gasteiger partial charge < -0.3 is 19.9 Å². The van der Waals surface area contributed by atoms with Gasteiger partial charge in [0.05, 0.1) is 30.3 Å². The van der Waals surface area contributed by atoms with Gasteiger partial charge in [0, 0.05) is 26.2 Å². The molecule has 0 aliphatic carbocycles. The van der Waals surface area contributed by atoms with E-state index >= 15 is 0 Å². The van der Waals surface area contributed by atoms with Crippen LogP contribution in [-0.2, 0) is 15.8 Å². The second kappa shape index (κ2) is 9.81. The molecular formula is C23H23F3N4O3. The SMILES string of the molecule is CNC(=O)CN(C)C(=O)[C@@H]1C[C@H](Oc2ccccc2)CN1c1ccc(C#N)c(C(F)(F)F)c1. The van der Waals surface area contributed by atoms with Crippen LogP contribution < -0.4 is 15.0 Å². The molecule has 0 aromatic heterocycles. The van der Waals surface area contributed by atoms with Crippen LogP contribution in [0.4, 0.5) is 18.9 Å². The first-order chi connectivity index (χ1) is 15.6. The predicted molar refractivity (Wildman–Crippen MR) is 114 cm³/mol. The Morgan fingerprint density at radius 3 is 2.55 bits per heavy atom. The number of ether oxygens (including phenoxy) is 1. The quantitative estimate of drug-likeness (QED) is 0.717. The van der Waals surface area contributed by atoms with Crippen LogP contribution in [0.5, 0.6) is 5.75 Å². The number of halogens is 3. The van der Waals surface area contributed by atoms with Gasteiger partial charge in [0.15, 0.2) is 0 Å². The number of likely N-dealkylation sites (N-methyl/N-ethyl adjacent to an activating group) is 2. The largest absolute Gasteiger partial charge is 0.488 e. The Balaban J connectivity index is 1.94. The van der Waals surface area contributed by atoms with Gasteiger partial charge in [-0.25, -0.2) is 0 Å². The molecule has 2 amide bonds. The Hall–Kier alpha value is -3.74. The summed E-state index contributed by atoms with van der Waals surface area (Å²) >= 11 is 0. The number of hydrogen-bond acceptors (Lipinski definition) is 5. The number of nitriles is 1. The maximum Gasteiger partial charge on any atom is 0.417 e. The smallest absolute Gasteiger partial charge is 0.417 e. The van der Waals surface area contributed by atoms with Gasteiger partial charge in [-0.15, -0.1) is 0 Å². The zero-order valence-electron chi connectivity index (χ0n) is 18.1. The zero-order chi connectivity index (χ0) is 24.2. The van der Waals surface area contributed by atoms with Crippen molar-refractivity contribution in [1.82, 2.24) is 10.2 Å². The van der Waals surface area contributed by atoms with E-state index in [1.807, 2.05) is 6.07 Å². The molecule has 1 heterocycles. The molecule has 2 aromatic carbocycles. The Bertz CT molecular complexity index is 1050. The summed E-state index contributed by atoms with van der Waals surface area (Å²) in [6.45, 7) is -0.0344. The highest BCUT2D eigenvalue weighted by atomic mass is 19.4. The second-order valence-corrected chi connectivity index (χ2v) is 7.66. The number of carbonyl (C=O) groups excluding carboxylic acids is 2. The van der Waals surface area contributed by atoms with Crippen LogP contribution in [0, 0.1) is 11.3 Å². The summed E-state index contributed by atoms with van der Waals surface area (Å²) in [4.78, 5) is 27.6. The van der Waals surface area contributed by atoms with Gasteiger partial charge in [-0.2, -0.15) is 18.4 Å². The molecule has 174 valence electrons. The van der Waals surface area contributed by atoms with Gasteiger partial charge in [-0.1, -0.05) is 18.2 Å². The van der Waals surface area contributed by atoms with Gasteiger partial charge in [0.2, 0.25) is 11.8 Å². The van der Waals surface area contributed by atoms with Crippen LogP contribution >= 0.6 is 0 Å². The lowest BCUT2D eigenvalue weighted by Gasteiger charge is -2.29. The van der Waals surface area contributed by atoms with E-state index in [0.717, 1.165) is 12.1 Å². The Labute approximate surface area is 189 Å². The van der Waals surface area contributed by atoms with Crippen LogP contribution in [0.2, 0.25) is 0 Å². The number of alkyl halides is 3. The third-order valence-corrected chi connectivity index (χ3v) is 5.39. The molecule has 10 heteroatoms. The molecule has 0 spiro atoms. The van der Waals surface area contributed by atoms with Crippen molar-refractivity contribution >= 4 is 17.5 Å². The van der Waals surface area contributed by atoms with Gasteiger partial charge in [0.1, 0.15) is 17.9 Å². The van der Waals surface area contributed by atoms with E-state index in [0.29, 0.717) is 5.75 Å². The highest BCUT2D eigenvalue weighted by Gasteiger charge is 2.41. The van der Waals surface area contributed by atoms with E-state index in [4.69, 9.17) is 10.00 Å². The van der Waals surface area contributed by atoms with Gasteiger partial charge in [0.25, 0.3) is 0 Å². The van der Waals surface area contributed by atoms with E-state index in [1.54, 1.807) is 30.3 Å². The van der Waals surface area contributed by atoms with Crippen molar-refractivity contribution in [1.29, 1.82) is 5.26 Å². The first-order valence-electron chi connectivity index (χ1n) is 10.2. The van der Waals surface area contributed by atoms with Crippen LogP contribution in [0.1, 0.15) is 17.5 Å². The molecular weight excluding hydrogens is 437 g/mol. The molecule has 3 rings (SSSR count). The first-order valence-corrected chi connectivity index (χ1v) is 10.2. The van der Waals surface area contributed by atoms with Crippen LogP contribution in [0.15, 0.2) is 48.5 Å². The standard InChI is InChI=1S/C23H23F3N4O3/c1-28-21(31)14-29(2)22(32)20-11-18(33-17-6-4-3-5-7-17)13-30(20)16-9-8-15(12-27)19(10-16)23(24,25)26/h3-10,18,20H,11,13-14H2,1-2H3,(H,28,31)/t18-,20-/m0/s1. The Morgan fingerprint density at radius 1 is 1.24 bits per heavy atom. The number of nitrogens with zero attached hydrogens (tertiary/aromatic N) is 3. The van der Waals surface area contributed by atoms with Crippen molar-refractivity contribution in [3.8, 4) is 11.8 Å². The molecule has 33 heavy (non-hydrogen) atoms. The molecule has 0 saturated carbocycles. The van der Waals surface area contributed by atoms with Crippen molar-refractivity contribution in [3.63, 3.8) is 0 Å². The van der Waals surface area contributed by atoms with E-state index < -0.39 is 35.4 Å². The summed E-state index contributed by atoms with van der Waals surface area (Å²) in [5.74, 6) is -0.217. The lowest BCUT2D eigenvalue weighted by atomic mass is 10.1. The molecule has 0 radical (unpaired) electrons. The summed E-state index contributed by atoms with van der Waals surface area (Å²) in [5, 5.41) is 11.5. The lowest BCUT2D eigenvalue weighted by molar-refractivity contribution is -0.137. The monoisotopic (exact) mass is 460 g/mol. The molecule has 1 aliphatic rings. The zero-order valence-corrected chi connectivity index (χ0v) is 18.1. The van der Waals surface area contributed by atoms with Crippen LogP contribution in [0.3, 0.4) is 0 Å². The first kappa shape index (κ1) is 23.9. The molecule has 1 fully saturated rings. The fraction of sp³-hybridized carbons (Fsp3) is 0.348. The van der Waals surface area contributed by atoms with Gasteiger partial charge >= 0.3 is 6.18 Å². The van der Waals surface area contributed by atoms with Crippen LogP contribution in [0.25, 0.3) is 0 Å². The Morgan fingerprint density at radius 2 is 1.94 bits per heavy atom. The summed E-state index contributed by atoms with van der Waals surface area (Å²) in [5.41, 5.74) is -1.42. The highest BCUT2D eigenvalue weighted by Crippen LogP contribution is 2.37. The van der Waals surface area contributed by atoms with Gasteiger partial charge in [-0.05, 0) is 30.3 Å². The number of rotatable bonds is 6. The van der Waals surface area contributed by atoms with E-state index in [9.17, 15) is 22.8 Å². The highest BCUT2D eigenvalue weighted by molar-refractivity contribution is 5.90. The van der Waals surface area contributed by atoms with Crippen molar-refractivity contribution in [2.45, 2.75) is 24.7 Å². The maximum atomic E-state index is 13.5. The molecule has 0 bridgehead atoms. The number of nitrogens with one attached hydrogen (secondary N) is 1. The van der Waals surface area contributed by atoms with E-state index in [1.165, 1.54) is 30.0 Å². The number of benzene rings is 2. The van der Waals surface area contributed by atoms with Crippen molar-refractivity contribution in [2.24, 2.45) is 0 Å². The summed E-state index contributed by atoms with van der Waals surface area (Å²) in [7, 11) is 2.91. The fourth-order valence-electron chi connectivity index (χ4n) is 3.76. The Kier molecular flexibility index (Phi) is 7.11. The molecule has 0 unspecified atom stereocenters. The normalized spacial score (nSPS) is 17.9. The minimum absolute atomic E-state index is 0.146. The number of para-hydroxylation sites is 1. The molecule has 2 atom stereocenters. The number of hydrogen-bond donors (Lipinski definition) is 1. The molecule has 1 saturated heterocycles. The number of anilines is 1. The second-order valence-electron chi connectivity index (χ2n) is 7.66. The number of carbonyl (C=O) groups is 2. The van der Waals surface area contributed by atoms with E-state index in [-0.39, 0.29) is 31.1 Å². The molecule has 1 N–H and O–H groups in total. The molecule has 7 nitrogen and oxygen atoms in total. The summed E-state index contributed by atoms with van der Waals surface area (Å²) in [6, 6.07) is 13.0. The predicted octanol–water partition coefficient (Wildman–Crippen LogP) is 2.81. The molecule has 2 aromatic rings. The third kappa shape index (κ3) is 5.55. The summed E-state index contributed by atoms with van der Waals surface area (Å²) in [6.07, 6.45) is -4.98. The maximum absolute atomic E-state index is 13.5. The molecule has 1 aliphatic heterocycles. The topological polar surface area (TPSA) is 85.7 Å². The van der Waals surface area contributed by atoms with Crippen molar-refractivity contribution in [2.75, 3.05) is 32.1 Å². The van der Waals surface area contributed by atoms with E-state index in [2.05, 4.69) is 5.32 Å². The minimum Gasteiger partial charge on any atom is -0.488 e. The van der Waals surface area contributed by atoms with Gasteiger partial charge in [-0.3, -0.25) is 9.59 Å². The average Bonchev–Trinajstić information content (AvgIpc) is 3.21. The van der Waals surface area contributed by atoms with Crippen LogP contribution in [-0.4, -0.2) is 56.0 Å². The number of amides is 2. The summed E-state index contributed by atoms with van der Waals surface area (Å²) < 4.78 is 46.5. The fourth-order valence-corrected chi connectivity index (χ4v) is 3.76. The lowest BCUT2D eigenvalue weighted by Crippen LogP contribution is -2.47. The minimum atomic E-state index is -4.73. The average molecular weight is 460 g/mol. The van der Waals surface area contributed by atoms with Crippen molar-refractivity contribution in [3.05, 3.63) is 59.7 Å². The third-order valence-electron chi connectivity index (χ3n) is 5.39.